The Balaban J connectivity index is 1.99. The van der Waals surface area contributed by atoms with Crippen LogP contribution in [0.15, 0.2) is 43.1 Å². The molecular weight excluding hydrogens is 250 g/mol. The molecule has 0 bridgehead atoms. The van der Waals surface area contributed by atoms with E-state index >= 15 is 0 Å². The number of carbonyl (C=O) groups is 1. The van der Waals surface area contributed by atoms with Crippen molar-refractivity contribution in [3.63, 3.8) is 0 Å². The summed E-state index contributed by atoms with van der Waals surface area (Å²) in [4.78, 5) is 18.2. The second-order valence-corrected chi connectivity index (χ2v) is 4.96. The minimum Gasteiger partial charge on any atom is -0.356 e. The van der Waals surface area contributed by atoms with Gasteiger partial charge in [-0.3, -0.25) is 4.79 Å². The molecule has 0 atom stereocenters. The van der Waals surface area contributed by atoms with Gasteiger partial charge in [-0.1, -0.05) is 6.58 Å². The fourth-order valence-electron chi connectivity index (χ4n) is 2.61. The highest BCUT2D eigenvalue weighted by molar-refractivity contribution is 6.01. The molecule has 1 aromatic heterocycles. The molecule has 1 aliphatic heterocycles. The van der Waals surface area contributed by atoms with Crippen molar-refractivity contribution in [3.8, 4) is 0 Å². The Kier molecular flexibility index (Phi) is 3.37. The van der Waals surface area contributed by atoms with E-state index in [9.17, 15) is 4.79 Å². The average molecular weight is 267 g/mol. The van der Waals surface area contributed by atoms with Crippen molar-refractivity contribution < 1.29 is 4.79 Å². The number of rotatable bonds is 3. The fraction of sp³-hybridized carbons (Fsp3) is 0.250. The molecule has 1 aromatic carbocycles. The molecule has 0 aliphatic carbocycles. The number of anilines is 2. The van der Waals surface area contributed by atoms with Gasteiger partial charge in [0.2, 0.25) is 5.91 Å². The zero-order chi connectivity index (χ0) is 13.9. The third-order valence-electron chi connectivity index (χ3n) is 3.60. The molecule has 20 heavy (non-hydrogen) atoms. The monoisotopic (exact) mass is 267 g/mol. The Bertz CT molecular complexity index is 660. The lowest BCUT2D eigenvalue weighted by atomic mass is 10.1. The number of benzene rings is 1. The SMILES string of the molecule is C=CC(=O)Nc1ccc2c(N3CCCC3)nccc2c1. The normalized spacial score (nSPS) is 14.5. The molecule has 2 heterocycles. The van der Waals surface area contributed by atoms with Crippen LogP contribution in [-0.4, -0.2) is 24.0 Å². The van der Waals surface area contributed by atoms with E-state index in [-0.39, 0.29) is 5.91 Å². The first-order valence-corrected chi connectivity index (χ1v) is 6.85. The number of amides is 1. The third-order valence-corrected chi connectivity index (χ3v) is 3.60. The van der Waals surface area contributed by atoms with Crippen molar-refractivity contribution in [3.05, 3.63) is 43.1 Å². The van der Waals surface area contributed by atoms with Crippen molar-refractivity contribution in [2.24, 2.45) is 0 Å². The largest absolute Gasteiger partial charge is 0.356 e. The van der Waals surface area contributed by atoms with Crippen LogP contribution >= 0.6 is 0 Å². The van der Waals surface area contributed by atoms with Crippen LogP contribution in [0.2, 0.25) is 0 Å². The Labute approximate surface area is 118 Å². The predicted octanol–water partition coefficient (Wildman–Crippen LogP) is 2.96. The van der Waals surface area contributed by atoms with E-state index in [2.05, 4.69) is 21.8 Å². The van der Waals surface area contributed by atoms with Crippen LogP contribution in [0.1, 0.15) is 12.8 Å². The van der Waals surface area contributed by atoms with Gasteiger partial charge in [-0.25, -0.2) is 4.98 Å². The lowest BCUT2D eigenvalue weighted by molar-refractivity contribution is -0.111. The quantitative estimate of drug-likeness (QED) is 0.870. The maximum Gasteiger partial charge on any atom is 0.247 e. The second kappa shape index (κ2) is 5.33. The van der Waals surface area contributed by atoms with Crippen LogP contribution < -0.4 is 10.2 Å². The van der Waals surface area contributed by atoms with Crippen LogP contribution in [0.25, 0.3) is 10.8 Å². The lowest BCUT2D eigenvalue weighted by Gasteiger charge is -2.18. The summed E-state index contributed by atoms with van der Waals surface area (Å²) in [5, 5.41) is 5.00. The highest BCUT2D eigenvalue weighted by Crippen LogP contribution is 2.28. The van der Waals surface area contributed by atoms with Gasteiger partial charge in [-0.2, -0.15) is 0 Å². The molecule has 1 saturated heterocycles. The number of nitrogens with one attached hydrogen (secondary N) is 1. The minimum atomic E-state index is -0.196. The summed E-state index contributed by atoms with van der Waals surface area (Å²) in [6, 6.07) is 7.87. The fourth-order valence-corrected chi connectivity index (χ4v) is 2.61. The van der Waals surface area contributed by atoms with E-state index in [0.717, 1.165) is 35.4 Å². The molecule has 1 amide bonds. The van der Waals surface area contributed by atoms with E-state index < -0.39 is 0 Å². The average Bonchev–Trinajstić information content (AvgIpc) is 3.00. The van der Waals surface area contributed by atoms with E-state index in [4.69, 9.17) is 0 Å². The molecule has 0 radical (unpaired) electrons. The number of carbonyl (C=O) groups excluding carboxylic acids is 1. The van der Waals surface area contributed by atoms with Crippen molar-refractivity contribution >= 4 is 28.2 Å². The first-order valence-electron chi connectivity index (χ1n) is 6.85. The predicted molar refractivity (Wildman–Crippen MR) is 82.0 cm³/mol. The van der Waals surface area contributed by atoms with Gasteiger partial charge in [-0.05, 0) is 48.6 Å². The summed E-state index contributed by atoms with van der Waals surface area (Å²) in [5.41, 5.74) is 0.779. The first-order chi connectivity index (χ1) is 9.78. The number of nitrogens with zero attached hydrogens (tertiary/aromatic N) is 2. The van der Waals surface area contributed by atoms with Crippen molar-refractivity contribution in [2.45, 2.75) is 12.8 Å². The maximum atomic E-state index is 11.3. The number of hydrogen-bond donors (Lipinski definition) is 1. The Hall–Kier alpha value is -2.36. The summed E-state index contributed by atoms with van der Waals surface area (Å²) in [6.45, 7) is 5.60. The summed E-state index contributed by atoms with van der Waals surface area (Å²) >= 11 is 0. The molecule has 0 unspecified atom stereocenters. The van der Waals surface area contributed by atoms with E-state index in [1.165, 1.54) is 18.9 Å². The van der Waals surface area contributed by atoms with Crippen LogP contribution in [0.4, 0.5) is 11.5 Å². The lowest BCUT2D eigenvalue weighted by Crippen LogP contribution is -2.19. The zero-order valence-electron chi connectivity index (χ0n) is 11.3. The van der Waals surface area contributed by atoms with Crippen LogP contribution in [-0.2, 0) is 4.79 Å². The van der Waals surface area contributed by atoms with Crippen molar-refractivity contribution in [2.75, 3.05) is 23.3 Å². The van der Waals surface area contributed by atoms with Gasteiger partial charge in [-0.15, -0.1) is 0 Å². The molecule has 4 nitrogen and oxygen atoms in total. The molecule has 1 N–H and O–H groups in total. The van der Waals surface area contributed by atoms with E-state index in [0.29, 0.717) is 0 Å². The smallest absolute Gasteiger partial charge is 0.247 e. The number of aromatic nitrogens is 1. The van der Waals surface area contributed by atoms with Crippen molar-refractivity contribution in [1.82, 2.24) is 4.98 Å². The number of hydrogen-bond acceptors (Lipinski definition) is 3. The van der Waals surface area contributed by atoms with Gasteiger partial charge >= 0.3 is 0 Å². The molecular formula is C16H17N3O. The van der Waals surface area contributed by atoms with Gasteiger partial charge in [0.05, 0.1) is 0 Å². The summed E-state index contributed by atoms with van der Waals surface area (Å²) in [7, 11) is 0. The van der Waals surface area contributed by atoms with E-state index in [1.54, 1.807) is 0 Å². The minimum absolute atomic E-state index is 0.196. The number of fused-ring (bicyclic) bond motifs is 1. The maximum absolute atomic E-state index is 11.3. The molecule has 102 valence electrons. The van der Waals surface area contributed by atoms with Crippen LogP contribution in [0, 0.1) is 0 Å². The first kappa shape index (κ1) is 12.7. The van der Waals surface area contributed by atoms with Gasteiger partial charge < -0.3 is 10.2 Å². The molecule has 1 aliphatic rings. The molecule has 0 saturated carbocycles. The number of pyridine rings is 1. The summed E-state index contributed by atoms with van der Waals surface area (Å²) < 4.78 is 0. The standard InChI is InChI=1S/C16H17N3O/c1-2-15(20)18-13-5-6-14-12(11-13)7-8-17-16(14)19-9-3-4-10-19/h2,5-8,11H,1,3-4,9-10H2,(H,18,20). The van der Waals surface area contributed by atoms with Crippen LogP contribution in [0.5, 0.6) is 0 Å². The van der Waals surface area contributed by atoms with Gasteiger partial charge in [0.1, 0.15) is 5.82 Å². The van der Waals surface area contributed by atoms with Gasteiger partial charge in [0.15, 0.2) is 0 Å². The van der Waals surface area contributed by atoms with Crippen LogP contribution in [0.3, 0.4) is 0 Å². The van der Waals surface area contributed by atoms with Gasteiger partial charge in [0.25, 0.3) is 0 Å². The van der Waals surface area contributed by atoms with Gasteiger partial charge in [0, 0.05) is 30.4 Å². The Morgan fingerprint density at radius 2 is 2.10 bits per heavy atom. The molecule has 3 rings (SSSR count). The molecule has 2 aromatic rings. The molecule has 1 fully saturated rings. The van der Waals surface area contributed by atoms with Crippen molar-refractivity contribution in [1.29, 1.82) is 0 Å². The highest BCUT2D eigenvalue weighted by Gasteiger charge is 2.16. The second-order valence-electron chi connectivity index (χ2n) is 4.96. The molecule has 0 spiro atoms. The highest BCUT2D eigenvalue weighted by atomic mass is 16.1. The topological polar surface area (TPSA) is 45.2 Å². The zero-order valence-corrected chi connectivity index (χ0v) is 11.3. The Morgan fingerprint density at radius 1 is 1.30 bits per heavy atom. The Morgan fingerprint density at radius 3 is 2.85 bits per heavy atom. The molecule has 4 heteroatoms. The third kappa shape index (κ3) is 2.37. The van der Waals surface area contributed by atoms with E-state index in [1.807, 2.05) is 30.5 Å². The summed E-state index contributed by atoms with van der Waals surface area (Å²) in [5.74, 6) is 0.847. The summed E-state index contributed by atoms with van der Waals surface area (Å²) in [6.07, 6.45) is 5.55.